The molecule has 0 atom stereocenters. The predicted molar refractivity (Wildman–Crippen MR) is 57.6 cm³/mol. The van der Waals surface area contributed by atoms with Gasteiger partial charge in [0.15, 0.2) is 0 Å². The Morgan fingerprint density at radius 1 is 1.46 bits per heavy atom. The van der Waals surface area contributed by atoms with Crippen molar-refractivity contribution in [2.24, 2.45) is 7.05 Å². The molecule has 13 heavy (non-hydrogen) atoms. The van der Waals surface area contributed by atoms with Gasteiger partial charge in [-0.25, -0.2) is 0 Å². The van der Waals surface area contributed by atoms with Crippen LogP contribution in [0.3, 0.4) is 0 Å². The highest BCUT2D eigenvalue weighted by Gasteiger charge is 2.08. The Labute approximate surface area is 84.7 Å². The molecule has 1 aromatic heterocycles. The van der Waals surface area contributed by atoms with Crippen LogP contribution in [0.25, 0.3) is 10.9 Å². The SMILES string of the molecule is Cc1c2cc(N)cc(Br)c2nn1C. The molecule has 3 nitrogen and oxygen atoms in total. The highest BCUT2D eigenvalue weighted by molar-refractivity contribution is 9.10. The van der Waals surface area contributed by atoms with Gasteiger partial charge in [0, 0.05) is 28.3 Å². The van der Waals surface area contributed by atoms with Crippen LogP contribution in [0.4, 0.5) is 5.69 Å². The van der Waals surface area contributed by atoms with Crippen LogP contribution in [0.2, 0.25) is 0 Å². The first-order valence-electron chi connectivity index (χ1n) is 3.98. The Kier molecular flexibility index (Phi) is 1.80. The van der Waals surface area contributed by atoms with Gasteiger partial charge >= 0.3 is 0 Å². The molecule has 68 valence electrons. The molecule has 1 aromatic carbocycles. The maximum absolute atomic E-state index is 5.74. The van der Waals surface area contributed by atoms with E-state index in [1.807, 2.05) is 30.8 Å². The molecular weight excluding hydrogens is 230 g/mol. The average molecular weight is 240 g/mol. The van der Waals surface area contributed by atoms with Gasteiger partial charge in [0.05, 0.1) is 0 Å². The van der Waals surface area contributed by atoms with Crippen LogP contribution >= 0.6 is 15.9 Å². The van der Waals surface area contributed by atoms with E-state index in [0.29, 0.717) is 0 Å². The second-order valence-electron chi connectivity index (χ2n) is 3.11. The van der Waals surface area contributed by atoms with E-state index in [-0.39, 0.29) is 0 Å². The lowest BCUT2D eigenvalue weighted by molar-refractivity contribution is 0.750. The van der Waals surface area contributed by atoms with E-state index in [9.17, 15) is 0 Å². The summed E-state index contributed by atoms with van der Waals surface area (Å²) in [5.74, 6) is 0. The number of rotatable bonds is 0. The number of aryl methyl sites for hydroxylation is 2. The second-order valence-corrected chi connectivity index (χ2v) is 3.96. The molecule has 0 bridgehead atoms. The molecule has 0 aliphatic rings. The van der Waals surface area contributed by atoms with Crippen LogP contribution in [-0.2, 0) is 7.05 Å². The summed E-state index contributed by atoms with van der Waals surface area (Å²) in [6.45, 7) is 2.03. The lowest BCUT2D eigenvalue weighted by Gasteiger charge is -1.96. The molecule has 2 aromatic rings. The van der Waals surface area contributed by atoms with Crippen molar-refractivity contribution >= 4 is 32.5 Å². The van der Waals surface area contributed by atoms with E-state index in [4.69, 9.17) is 5.73 Å². The minimum atomic E-state index is 0.760. The standard InChI is InChI=1S/C9H10BrN3/c1-5-7-3-6(11)4-8(10)9(7)12-13(5)2/h3-4H,11H2,1-2H3. The van der Waals surface area contributed by atoms with E-state index in [1.54, 1.807) is 0 Å². The molecule has 0 spiro atoms. The molecule has 0 aliphatic carbocycles. The van der Waals surface area contributed by atoms with Gasteiger partial charge in [-0.1, -0.05) is 0 Å². The molecule has 2 rings (SSSR count). The number of halogens is 1. The normalized spacial score (nSPS) is 11.0. The number of benzene rings is 1. The van der Waals surface area contributed by atoms with Gasteiger partial charge in [0.25, 0.3) is 0 Å². The lowest BCUT2D eigenvalue weighted by atomic mass is 10.2. The van der Waals surface area contributed by atoms with Gasteiger partial charge in [-0.3, -0.25) is 4.68 Å². The molecule has 0 amide bonds. The topological polar surface area (TPSA) is 43.8 Å². The molecule has 0 saturated carbocycles. The van der Waals surface area contributed by atoms with Crippen molar-refractivity contribution in [2.45, 2.75) is 6.92 Å². The highest BCUT2D eigenvalue weighted by atomic mass is 79.9. The largest absolute Gasteiger partial charge is 0.399 e. The monoisotopic (exact) mass is 239 g/mol. The van der Waals surface area contributed by atoms with Gasteiger partial charge in [-0.05, 0) is 35.0 Å². The van der Waals surface area contributed by atoms with Crippen molar-refractivity contribution in [3.63, 3.8) is 0 Å². The molecule has 2 N–H and O–H groups in total. The van der Waals surface area contributed by atoms with Crippen molar-refractivity contribution in [3.05, 3.63) is 22.3 Å². The number of anilines is 1. The molecule has 1 heterocycles. The fraction of sp³-hybridized carbons (Fsp3) is 0.222. The Hall–Kier alpha value is -1.03. The first kappa shape index (κ1) is 8.56. The fourth-order valence-electron chi connectivity index (χ4n) is 1.40. The smallest absolute Gasteiger partial charge is 0.107 e. The van der Waals surface area contributed by atoms with Crippen LogP contribution < -0.4 is 5.73 Å². The number of hydrogen-bond donors (Lipinski definition) is 1. The summed E-state index contributed by atoms with van der Waals surface area (Å²) < 4.78 is 2.81. The predicted octanol–water partition coefficient (Wildman–Crippen LogP) is 2.23. The molecule has 4 heteroatoms. The summed E-state index contributed by atoms with van der Waals surface area (Å²) >= 11 is 3.44. The number of nitrogens with two attached hydrogens (primary N) is 1. The Balaban J connectivity index is 2.94. The van der Waals surface area contributed by atoms with E-state index in [2.05, 4.69) is 21.0 Å². The number of nitrogens with zero attached hydrogens (tertiary/aromatic N) is 2. The van der Waals surface area contributed by atoms with Crippen LogP contribution in [0.5, 0.6) is 0 Å². The number of aromatic nitrogens is 2. The maximum atomic E-state index is 5.74. The third-order valence-electron chi connectivity index (χ3n) is 2.21. The first-order chi connectivity index (χ1) is 6.09. The van der Waals surface area contributed by atoms with Crippen molar-refractivity contribution in [1.29, 1.82) is 0 Å². The van der Waals surface area contributed by atoms with Gasteiger partial charge in [0.2, 0.25) is 0 Å². The zero-order valence-electron chi connectivity index (χ0n) is 7.50. The molecule has 0 unspecified atom stereocenters. The summed E-state index contributed by atoms with van der Waals surface area (Å²) in [7, 11) is 1.93. The Bertz CT molecular complexity index is 473. The van der Waals surface area contributed by atoms with Crippen molar-refractivity contribution in [1.82, 2.24) is 9.78 Å². The molecule has 0 aliphatic heterocycles. The summed E-state index contributed by atoms with van der Waals surface area (Å²) in [6, 6.07) is 3.82. The molecule has 0 radical (unpaired) electrons. The van der Waals surface area contributed by atoms with Crippen molar-refractivity contribution in [3.8, 4) is 0 Å². The second kappa shape index (κ2) is 2.73. The fourth-order valence-corrected chi connectivity index (χ4v) is 1.95. The van der Waals surface area contributed by atoms with Gasteiger partial charge in [-0.2, -0.15) is 5.10 Å². The molecular formula is C9H10BrN3. The zero-order valence-corrected chi connectivity index (χ0v) is 9.09. The lowest BCUT2D eigenvalue weighted by Crippen LogP contribution is -1.91. The number of nitrogen functional groups attached to an aromatic ring is 1. The number of fused-ring (bicyclic) bond motifs is 1. The van der Waals surface area contributed by atoms with E-state index < -0.39 is 0 Å². The highest BCUT2D eigenvalue weighted by Crippen LogP contribution is 2.27. The summed E-state index contributed by atoms with van der Waals surface area (Å²) in [6.07, 6.45) is 0. The summed E-state index contributed by atoms with van der Waals surface area (Å²) in [5, 5.41) is 5.47. The zero-order chi connectivity index (χ0) is 9.59. The van der Waals surface area contributed by atoms with Gasteiger partial charge < -0.3 is 5.73 Å². The third kappa shape index (κ3) is 1.21. The Morgan fingerprint density at radius 2 is 2.15 bits per heavy atom. The van der Waals surface area contributed by atoms with E-state index >= 15 is 0 Å². The average Bonchev–Trinajstić information content (AvgIpc) is 2.32. The first-order valence-corrected chi connectivity index (χ1v) is 4.77. The van der Waals surface area contributed by atoms with Gasteiger partial charge in [0.1, 0.15) is 5.52 Å². The number of hydrogen-bond acceptors (Lipinski definition) is 2. The van der Waals surface area contributed by atoms with Crippen LogP contribution in [0, 0.1) is 6.92 Å². The summed E-state index contributed by atoms with van der Waals surface area (Å²) in [5.41, 5.74) is 8.59. The summed E-state index contributed by atoms with van der Waals surface area (Å²) in [4.78, 5) is 0. The van der Waals surface area contributed by atoms with Crippen LogP contribution in [0.15, 0.2) is 16.6 Å². The van der Waals surface area contributed by atoms with Gasteiger partial charge in [-0.15, -0.1) is 0 Å². The minimum Gasteiger partial charge on any atom is -0.399 e. The van der Waals surface area contributed by atoms with Crippen molar-refractivity contribution < 1.29 is 0 Å². The van der Waals surface area contributed by atoms with Crippen LogP contribution in [-0.4, -0.2) is 9.78 Å². The molecule has 0 fully saturated rings. The molecule has 0 saturated heterocycles. The quantitative estimate of drug-likeness (QED) is 0.717. The van der Waals surface area contributed by atoms with Crippen molar-refractivity contribution in [2.75, 3.05) is 5.73 Å². The van der Waals surface area contributed by atoms with E-state index in [0.717, 1.165) is 26.8 Å². The third-order valence-corrected chi connectivity index (χ3v) is 2.82. The minimum absolute atomic E-state index is 0.760. The Morgan fingerprint density at radius 3 is 2.85 bits per heavy atom. The van der Waals surface area contributed by atoms with E-state index in [1.165, 1.54) is 0 Å². The maximum Gasteiger partial charge on any atom is 0.107 e. The van der Waals surface area contributed by atoms with Crippen LogP contribution in [0.1, 0.15) is 5.69 Å².